The van der Waals surface area contributed by atoms with E-state index in [4.69, 9.17) is 0 Å². The summed E-state index contributed by atoms with van der Waals surface area (Å²) in [6, 6.07) is 3.44. The van der Waals surface area contributed by atoms with Crippen molar-refractivity contribution in [2.45, 2.75) is 26.2 Å². The molecule has 0 unspecified atom stereocenters. The molecule has 0 aromatic heterocycles. The summed E-state index contributed by atoms with van der Waals surface area (Å²) in [5.74, 6) is 0.00391. The number of anilines is 2. The number of benzene rings is 1. The van der Waals surface area contributed by atoms with Crippen molar-refractivity contribution in [3.63, 3.8) is 0 Å². The highest BCUT2D eigenvalue weighted by Gasteiger charge is 2.43. The molecule has 7 heteroatoms. The Hall–Kier alpha value is -1.60. The number of hydrogen-bond donors (Lipinski definition) is 2. The summed E-state index contributed by atoms with van der Waals surface area (Å²) in [5.41, 5.74) is 2.34. The highest BCUT2D eigenvalue weighted by Crippen LogP contribution is 2.44. The quantitative estimate of drug-likeness (QED) is 0.877. The van der Waals surface area contributed by atoms with E-state index in [1.54, 1.807) is 24.1 Å². The van der Waals surface area contributed by atoms with Gasteiger partial charge in [-0.25, -0.2) is 4.72 Å². The van der Waals surface area contributed by atoms with Gasteiger partial charge in [0, 0.05) is 14.1 Å². The fourth-order valence-corrected chi connectivity index (χ4v) is 3.13. The Morgan fingerprint density at radius 2 is 1.85 bits per heavy atom. The van der Waals surface area contributed by atoms with Crippen molar-refractivity contribution < 1.29 is 13.2 Å². The van der Waals surface area contributed by atoms with E-state index in [1.807, 2.05) is 20.8 Å². The molecular formula is C13H19N3O3S. The maximum Gasteiger partial charge on any atom is 0.298 e. The smallest absolute Gasteiger partial charge is 0.298 e. The molecule has 1 aliphatic rings. The zero-order valence-corrected chi connectivity index (χ0v) is 13.1. The van der Waals surface area contributed by atoms with Gasteiger partial charge in [-0.15, -0.1) is 0 Å². The molecule has 6 nitrogen and oxygen atoms in total. The van der Waals surface area contributed by atoms with Crippen LogP contribution < -0.4 is 14.3 Å². The van der Waals surface area contributed by atoms with Crippen molar-refractivity contribution in [3.8, 4) is 0 Å². The fraction of sp³-hybridized carbons (Fsp3) is 0.462. The summed E-state index contributed by atoms with van der Waals surface area (Å²) >= 11 is 0. The minimum Gasteiger partial charge on any atom is -0.314 e. The molecule has 110 valence electrons. The minimum absolute atomic E-state index is 0.00391. The number of nitrogens with one attached hydrogen (secondary N) is 2. The van der Waals surface area contributed by atoms with Gasteiger partial charge in [0.2, 0.25) is 5.91 Å². The van der Waals surface area contributed by atoms with Gasteiger partial charge in [0.25, 0.3) is 10.2 Å². The van der Waals surface area contributed by atoms with Crippen LogP contribution in [-0.2, 0) is 20.4 Å². The normalized spacial score (nSPS) is 17.2. The molecule has 20 heavy (non-hydrogen) atoms. The lowest BCUT2D eigenvalue weighted by Gasteiger charge is -2.17. The van der Waals surface area contributed by atoms with Gasteiger partial charge < -0.3 is 4.90 Å². The molecule has 2 rings (SSSR count). The highest BCUT2D eigenvalue weighted by atomic mass is 32.2. The van der Waals surface area contributed by atoms with Crippen molar-refractivity contribution in [1.29, 1.82) is 0 Å². The zero-order valence-electron chi connectivity index (χ0n) is 12.2. The molecule has 1 amide bonds. The number of hydrogen-bond acceptors (Lipinski definition) is 3. The zero-order chi connectivity index (χ0) is 15.3. The van der Waals surface area contributed by atoms with Crippen molar-refractivity contribution in [3.05, 3.63) is 23.3 Å². The predicted octanol–water partition coefficient (Wildman–Crippen LogP) is 1.13. The van der Waals surface area contributed by atoms with E-state index in [1.165, 1.54) is 7.05 Å². The van der Waals surface area contributed by atoms with E-state index in [2.05, 4.69) is 9.44 Å². The van der Waals surface area contributed by atoms with Gasteiger partial charge in [-0.1, -0.05) is 0 Å². The topological polar surface area (TPSA) is 78.5 Å². The van der Waals surface area contributed by atoms with Crippen molar-refractivity contribution in [2.24, 2.45) is 0 Å². The van der Waals surface area contributed by atoms with Crippen LogP contribution >= 0.6 is 0 Å². The first-order chi connectivity index (χ1) is 9.10. The summed E-state index contributed by atoms with van der Waals surface area (Å²) in [6.07, 6.45) is 0. The maximum absolute atomic E-state index is 12.3. The summed E-state index contributed by atoms with van der Waals surface area (Å²) in [7, 11) is -0.496. The molecule has 0 bridgehead atoms. The van der Waals surface area contributed by atoms with Gasteiger partial charge in [0.05, 0.1) is 16.8 Å². The molecule has 2 N–H and O–H groups in total. The maximum atomic E-state index is 12.3. The van der Waals surface area contributed by atoms with E-state index in [-0.39, 0.29) is 5.91 Å². The predicted molar refractivity (Wildman–Crippen MR) is 79.2 cm³/mol. The van der Waals surface area contributed by atoms with E-state index in [0.717, 1.165) is 16.8 Å². The first kappa shape index (κ1) is 14.8. The summed E-state index contributed by atoms with van der Waals surface area (Å²) in [6.45, 7) is 5.54. The lowest BCUT2D eigenvalue weighted by atomic mass is 9.85. The van der Waals surface area contributed by atoms with Gasteiger partial charge in [0.15, 0.2) is 0 Å². The molecule has 1 aromatic carbocycles. The largest absolute Gasteiger partial charge is 0.314 e. The second-order valence-corrected chi connectivity index (χ2v) is 7.11. The number of fused-ring (bicyclic) bond motifs is 1. The van der Waals surface area contributed by atoms with Gasteiger partial charge in [-0.05, 0) is 44.0 Å². The summed E-state index contributed by atoms with van der Waals surface area (Å²) in [5, 5.41) is 0. The number of likely N-dealkylation sites (N-methyl/N-ethyl adjacent to an activating group) is 1. The molecule has 0 spiro atoms. The lowest BCUT2D eigenvalue weighted by molar-refractivity contribution is -0.121. The number of amides is 1. The van der Waals surface area contributed by atoms with Crippen LogP contribution in [0.1, 0.15) is 25.0 Å². The van der Waals surface area contributed by atoms with Crippen LogP contribution in [0.2, 0.25) is 0 Å². The monoisotopic (exact) mass is 297 g/mol. The Balaban J connectivity index is 2.58. The molecule has 1 aliphatic heterocycles. The third-order valence-corrected chi connectivity index (χ3v) is 4.71. The van der Waals surface area contributed by atoms with Crippen LogP contribution in [0.3, 0.4) is 0 Å². The van der Waals surface area contributed by atoms with E-state index in [9.17, 15) is 13.2 Å². The second-order valence-electron chi connectivity index (χ2n) is 5.49. The molecule has 1 heterocycles. The molecule has 0 saturated carbocycles. The standard InChI is InChI=1S/C13H19N3O3S/c1-8-6-9(15-20(18,19)14-4)7-10-11(8)16(5)12(17)13(10,2)3/h6-7,14-15H,1-5H3. The molecule has 0 fully saturated rings. The lowest BCUT2D eigenvalue weighted by Crippen LogP contribution is -2.33. The number of nitrogens with zero attached hydrogens (tertiary/aromatic N) is 1. The average Bonchev–Trinajstić information content (AvgIpc) is 2.51. The summed E-state index contributed by atoms with van der Waals surface area (Å²) in [4.78, 5) is 13.9. The first-order valence-corrected chi connectivity index (χ1v) is 7.73. The van der Waals surface area contributed by atoms with Crippen LogP contribution in [0.15, 0.2) is 12.1 Å². The summed E-state index contributed by atoms with van der Waals surface area (Å²) < 4.78 is 27.8. The minimum atomic E-state index is -3.57. The van der Waals surface area contributed by atoms with Crippen LogP contribution in [0.5, 0.6) is 0 Å². The van der Waals surface area contributed by atoms with Crippen molar-refractivity contribution in [1.82, 2.24) is 4.72 Å². The Kier molecular flexibility index (Phi) is 3.30. The van der Waals surface area contributed by atoms with Crippen LogP contribution in [0.4, 0.5) is 11.4 Å². The first-order valence-electron chi connectivity index (χ1n) is 6.24. The molecule has 0 aliphatic carbocycles. The number of rotatable bonds is 3. The highest BCUT2D eigenvalue weighted by molar-refractivity contribution is 7.90. The molecular weight excluding hydrogens is 278 g/mol. The average molecular weight is 297 g/mol. The second kappa shape index (κ2) is 4.46. The van der Waals surface area contributed by atoms with Gasteiger partial charge in [-0.2, -0.15) is 8.42 Å². The Morgan fingerprint density at radius 3 is 2.40 bits per heavy atom. The number of aryl methyl sites for hydroxylation is 1. The van der Waals surface area contributed by atoms with E-state index in [0.29, 0.717) is 5.69 Å². The SMILES string of the molecule is CNS(=O)(=O)Nc1cc(C)c2c(c1)C(C)(C)C(=O)N2C. The number of carbonyl (C=O) groups excluding carboxylic acids is 1. The van der Waals surface area contributed by atoms with Crippen LogP contribution in [-0.4, -0.2) is 28.4 Å². The third kappa shape index (κ3) is 2.16. The van der Waals surface area contributed by atoms with Crippen molar-refractivity contribution >= 4 is 27.5 Å². The van der Waals surface area contributed by atoms with Gasteiger partial charge in [0.1, 0.15) is 0 Å². The van der Waals surface area contributed by atoms with E-state index >= 15 is 0 Å². The van der Waals surface area contributed by atoms with Gasteiger partial charge in [-0.3, -0.25) is 9.52 Å². The Bertz CT molecular complexity index is 680. The molecule has 1 aromatic rings. The Morgan fingerprint density at radius 1 is 1.25 bits per heavy atom. The van der Waals surface area contributed by atoms with E-state index < -0.39 is 15.6 Å². The molecule has 0 atom stereocenters. The van der Waals surface area contributed by atoms with Crippen molar-refractivity contribution in [2.75, 3.05) is 23.7 Å². The van der Waals surface area contributed by atoms with Crippen LogP contribution in [0, 0.1) is 6.92 Å². The molecule has 0 saturated heterocycles. The fourth-order valence-electron chi connectivity index (χ4n) is 2.60. The Labute approximate surface area is 119 Å². The molecule has 0 radical (unpaired) electrons. The number of carbonyl (C=O) groups is 1. The van der Waals surface area contributed by atoms with Crippen LogP contribution in [0.25, 0.3) is 0 Å². The third-order valence-electron chi connectivity index (χ3n) is 3.67. The van der Waals surface area contributed by atoms with Gasteiger partial charge >= 0.3 is 0 Å².